The fourth-order valence-electron chi connectivity index (χ4n) is 3.61. The molecule has 0 aliphatic heterocycles. The molecule has 31 heavy (non-hydrogen) atoms. The second-order valence-corrected chi connectivity index (χ2v) is 9.10. The van der Waals surface area contributed by atoms with E-state index in [1.807, 2.05) is 24.0 Å². The number of benzene rings is 2. The molecule has 170 valence electrons. The average Bonchev–Trinajstić information content (AvgIpc) is 2.71. The summed E-state index contributed by atoms with van der Waals surface area (Å²) in [7, 11) is 0. The topological polar surface area (TPSA) is 20.3 Å². The standard InChI is InChI=1S/C26H34F3NO/c1-5-9-24(31)30(19-22-12-7-6-10-20(22)2)17-16-25(3,4)15-14-21-11-8-13-23(18-21)26(27,28)29/h6-8,10-13,18H,5,9,14-17,19H2,1-4H3. The zero-order chi connectivity index (χ0) is 23.1. The molecule has 0 saturated heterocycles. The fourth-order valence-corrected chi connectivity index (χ4v) is 3.61. The number of carbonyl (C=O) groups is 1. The van der Waals surface area contributed by atoms with Crippen molar-refractivity contribution in [2.24, 2.45) is 5.41 Å². The highest BCUT2D eigenvalue weighted by molar-refractivity contribution is 5.76. The zero-order valence-corrected chi connectivity index (χ0v) is 19.1. The fraction of sp³-hybridized carbons (Fsp3) is 0.500. The number of nitrogens with zero attached hydrogens (tertiary/aromatic N) is 1. The van der Waals surface area contributed by atoms with Gasteiger partial charge in [-0.1, -0.05) is 63.2 Å². The van der Waals surface area contributed by atoms with Crippen LogP contribution >= 0.6 is 0 Å². The number of rotatable bonds is 10. The Morgan fingerprint density at radius 1 is 1.00 bits per heavy atom. The molecule has 1 amide bonds. The van der Waals surface area contributed by atoms with E-state index in [-0.39, 0.29) is 11.3 Å². The van der Waals surface area contributed by atoms with Crippen LogP contribution in [0.25, 0.3) is 0 Å². The van der Waals surface area contributed by atoms with Crippen LogP contribution in [0.15, 0.2) is 48.5 Å². The minimum Gasteiger partial charge on any atom is -0.338 e. The molecule has 2 aromatic carbocycles. The van der Waals surface area contributed by atoms with Crippen molar-refractivity contribution in [1.29, 1.82) is 0 Å². The molecule has 0 spiro atoms. The first kappa shape index (κ1) is 25.0. The van der Waals surface area contributed by atoms with Crippen LogP contribution in [0.1, 0.15) is 68.7 Å². The normalized spacial score (nSPS) is 12.1. The third-order valence-corrected chi connectivity index (χ3v) is 5.84. The van der Waals surface area contributed by atoms with Gasteiger partial charge in [0.2, 0.25) is 5.91 Å². The predicted octanol–water partition coefficient (Wildman–Crippen LogP) is 7.19. The van der Waals surface area contributed by atoms with Crippen LogP contribution in [-0.4, -0.2) is 17.4 Å². The molecule has 2 nitrogen and oxygen atoms in total. The number of aryl methyl sites for hydroxylation is 2. The Hall–Kier alpha value is -2.30. The Balaban J connectivity index is 2.00. The van der Waals surface area contributed by atoms with Crippen molar-refractivity contribution in [3.63, 3.8) is 0 Å². The first-order chi connectivity index (χ1) is 14.5. The van der Waals surface area contributed by atoms with Gasteiger partial charge in [0.05, 0.1) is 5.56 Å². The highest BCUT2D eigenvalue weighted by atomic mass is 19.4. The van der Waals surface area contributed by atoms with Gasteiger partial charge < -0.3 is 4.90 Å². The molecule has 0 aliphatic carbocycles. The molecule has 0 aromatic heterocycles. The van der Waals surface area contributed by atoms with Gasteiger partial charge in [0.15, 0.2) is 0 Å². The Labute approximate surface area is 184 Å². The molecule has 2 rings (SSSR count). The number of amides is 1. The molecule has 0 radical (unpaired) electrons. The maximum absolute atomic E-state index is 13.0. The van der Waals surface area contributed by atoms with Gasteiger partial charge in [-0.3, -0.25) is 4.79 Å². The summed E-state index contributed by atoms with van der Waals surface area (Å²) in [6.07, 6.45) is -0.848. The van der Waals surface area contributed by atoms with E-state index in [1.54, 1.807) is 6.07 Å². The Kier molecular flexibility index (Phi) is 8.72. The largest absolute Gasteiger partial charge is 0.416 e. The summed E-state index contributed by atoms with van der Waals surface area (Å²) in [6, 6.07) is 13.7. The van der Waals surface area contributed by atoms with Crippen LogP contribution in [0.3, 0.4) is 0 Å². The van der Waals surface area contributed by atoms with Crippen molar-refractivity contribution >= 4 is 5.91 Å². The van der Waals surface area contributed by atoms with E-state index in [0.29, 0.717) is 31.5 Å². The van der Waals surface area contributed by atoms with E-state index in [1.165, 1.54) is 17.7 Å². The summed E-state index contributed by atoms with van der Waals surface area (Å²) in [6.45, 7) is 9.53. The maximum Gasteiger partial charge on any atom is 0.416 e. The molecule has 0 aliphatic rings. The summed E-state index contributed by atoms with van der Waals surface area (Å²) in [5, 5.41) is 0. The van der Waals surface area contributed by atoms with Crippen LogP contribution in [0.4, 0.5) is 13.2 Å². The van der Waals surface area contributed by atoms with Gasteiger partial charge in [-0.15, -0.1) is 0 Å². The molecule has 5 heteroatoms. The number of hydrogen-bond donors (Lipinski definition) is 0. The molecule has 0 fully saturated rings. The van der Waals surface area contributed by atoms with E-state index in [2.05, 4.69) is 32.9 Å². The van der Waals surface area contributed by atoms with E-state index in [9.17, 15) is 18.0 Å². The van der Waals surface area contributed by atoms with Gasteiger partial charge >= 0.3 is 6.18 Å². The SMILES string of the molecule is CCCC(=O)N(CCC(C)(C)CCc1cccc(C(F)(F)F)c1)Cc1ccccc1C. The van der Waals surface area contributed by atoms with Gasteiger partial charge in [0, 0.05) is 19.5 Å². The molecular weight excluding hydrogens is 399 g/mol. The summed E-state index contributed by atoms with van der Waals surface area (Å²) in [4.78, 5) is 14.6. The van der Waals surface area contributed by atoms with Crippen LogP contribution < -0.4 is 0 Å². The quantitative estimate of drug-likeness (QED) is 0.388. The number of alkyl halides is 3. The highest BCUT2D eigenvalue weighted by Gasteiger charge is 2.30. The third kappa shape index (κ3) is 8.04. The maximum atomic E-state index is 13.0. The van der Waals surface area contributed by atoms with Crippen molar-refractivity contribution in [3.8, 4) is 0 Å². The van der Waals surface area contributed by atoms with E-state index in [0.717, 1.165) is 30.9 Å². The Morgan fingerprint density at radius 3 is 2.35 bits per heavy atom. The van der Waals surface area contributed by atoms with Crippen molar-refractivity contribution in [1.82, 2.24) is 4.90 Å². The van der Waals surface area contributed by atoms with Crippen LogP contribution in [0.5, 0.6) is 0 Å². The summed E-state index contributed by atoms with van der Waals surface area (Å²) >= 11 is 0. The smallest absolute Gasteiger partial charge is 0.338 e. The number of carbonyl (C=O) groups excluding carboxylic acids is 1. The van der Waals surface area contributed by atoms with Gasteiger partial charge in [0.1, 0.15) is 0 Å². The molecule has 0 saturated carbocycles. The summed E-state index contributed by atoms with van der Waals surface area (Å²) < 4.78 is 38.9. The lowest BCUT2D eigenvalue weighted by Crippen LogP contribution is -2.34. The lowest BCUT2D eigenvalue weighted by Gasteiger charge is -2.30. The van der Waals surface area contributed by atoms with Crippen molar-refractivity contribution in [3.05, 3.63) is 70.8 Å². The first-order valence-corrected chi connectivity index (χ1v) is 11.0. The van der Waals surface area contributed by atoms with E-state index >= 15 is 0 Å². The molecule has 0 N–H and O–H groups in total. The first-order valence-electron chi connectivity index (χ1n) is 11.0. The lowest BCUT2D eigenvalue weighted by atomic mass is 9.82. The zero-order valence-electron chi connectivity index (χ0n) is 19.1. The average molecular weight is 434 g/mol. The monoisotopic (exact) mass is 433 g/mol. The van der Waals surface area contributed by atoms with Crippen LogP contribution in [0.2, 0.25) is 0 Å². The molecule has 2 aromatic rings. The predicted molar refractivity (Wildman–Crippen MR) is 120 cm³/mol. The van der Waals surface area contributed by atoms with Gasteiger partial charge in [0.25, 0.3) is 0 Å². The second-order valence-electron chi connectivity index (χ2n) is 9.10. The molecule has 0 heterocycles. The highest BCUT2D eigenvalue weighted by Crippen LogP contribution is 2.32. The van der Waals surface area contributed by atoms with Crippen LogP contribution in [-0.2, 0) is 23.9 Å². The van der Waals surface area contributed by atoms with E-state index in [4.69, 9.17) is 0 Å². The number of hydrogen-bond acceptors (Lipinski definition) is 1. The van der Waals surface area contributed by atoms with E-state index < -0.39 is 11.7 Å². The Bertz CT molecular complexity index is 858. The van der Waals surface area contributed by atoms with Gasteiger partial charge in [-0.2, -0.15) is 13.2 Å². The molecular formula is C26H34F3NO. The summed E-state index contributed by atoms with van der Waals surface area (Å²) in [5.74, 6) is 0.152. The van der Waals surface area contributed by atoms with Gasteiger partial charge in [-0.05, 0) is 60.8 Å². The summed E-state index contributed by atoms with van der Waals surface area (Å²) in [5.41, 5.74) is 2.32. The molecule has 0 unspecified atom stereocenters. The number of halogens is 3. The van der Waals surface area contributed by atoms with Gasteiger partial charge in [-0.25, -0.2) is 0 Å². The third-order valence-electron chi connectivity index (χ3n) is 5.84. The van der Waals surface area contributed by atoms with Crippen molar-refractivity contribution in [2.45, 2.75) is 72.5 Å². The Morgan fingerprint density at radius 2 is 1.71 bits per heavy atom. The minimum atomic E-state index is -4.32. The molecule has 0 atom stereocenters. The van der Waals surface area contributed by atoms with Crippen molar-refractivity contribution in [2.75, 3.05) is 6.54 Å². The van der Waals surface area contributed by atoms with Crippen LogP contribution in [0, 0.1) is 12.3 Å². The minimum absolute atomic E-state index is 0.0925. The lowest BCUT2D eigenvalue weighted by molar-refractivity contribution is -0.137. The second kappa shape index (κ2) is 10.8. The molecule has 0 bridgehead atoms. The van der Waals surface area contributed by atoms with Crippen molar-refractivity contribution < 1.29 is 18.0 Å².